The molecule has 0 aliphatic carbocycles. The summed E-state index contributed by atoms with van der Waals surface area (Å²) in [5.74, 6) is 0.571. The van der Waals surface area contributed by atoms with Gasteiger partial charge in [0.2, 0.25) is 5.95 Å². The molecule has 0 unspecified atom stereocenters. The Morgan fingerprint density at radius 3 is 2.83 bits per heavy atom. The predicted octanol–water partition coefficient (Wildman–Crippen LogP) is 2.13. The van der Waals surface area contributed by atoms with Gasteiger partial charge >= 0.3 is 0 Å². The highest BCUT2D eigenvalue weighted by Crippen LogP contribution is 2.24. The summed E-state index contributed by atoms with van der Waals surface area (Å²) in [7, 11) is 0. The lowest BCUT2D eigenvalue weighted by Gasteiger charge is -2.35. The van der Waals surface area contributed by atoms with Crippen molar-refractivity contribution in [1.82, 2.24) is 19.9 Å². The SMILES string of the molecule is O[C@@H]1CN(Cc2nc3ccccc3s2)CC[C@H]1Nc1ncccn1. The number of aliphatic hydroxyl groups excluding tert-OH is 1. The zero-order valence-electron chi connectivity index (χ0n) is 13.2. The van der Waals surface area contributed by atoms with Crippen molar-refractivity contribution in [3.05, 3.63) is 47.7 Å². The summed E-state index contributed by atoms with van der Waals surface area (Å²) in [6.07, 6.45) is 3.80. The fraction of sp³-hybridized carbons (Fsp3) is 0.353. The van der Waals surface area contributed by atoms with E-state index in [9.17, 15) is 5.11 Å². The van der Waals surface area contributed by atoms with Gasteiger partial charge in [-0.2, -0.15) is 0 Å². The first-order chi connectivity index (χ1) is 11.8. The Bertz CT molecular complexity index is 776. The first-order valence-corrected chi connectivity index (χ1v) is 8.88. The lowest BCUT2D eigenvalue weighted by molar-refractivity contribution is 0.0559. The number of benzene rings is 1. The van der Waals surface area contributed by atoms with Crippen LogP contribution >= 0.6 is 11.3 Å². The van der Waals surface area contributed by atoms with Crippen LogP contribution in [0.3, 0.4) is 0 Å². The van der Waals surface area contributed by atoms with Gasteiger partial charge in [0.05, 0.1) is 28.9 Å². The minimum absolute atomic E-state index is 0.0148. The molecule has 0 radical (unpaired) electrons. The van der Waals surface area contributed by atoms with E-state index in [0.717, 1.165) is 30.0 Å². The number of likely N-dealkylation sites (tertiary alicyclic amines) is 1. The Hall–Kier alpha value is -2.09. The average molecular weight is 341 g/mol. The van der Waals surface area contributed by atoms with Gasteiger partial charge in [-0.1, -0.05) is 12.1 Å². The molecule has 1 saturated heterocycles. The van der Waals surface area contributed by atoms with Gasteiger partial charge in [-0.3, -0.25) is 4.90 Å². The highest BCUT2D eigenvalue weighted by atomic mass is 32.1. The van der Waals surface area contributed by atoms with Crippen molar-refractivity contribution in [2.45, 2.75) is 25.1 Å². The van der Waals surface area contributed by atoms with Crippen molar-refractivity contribution in [3.8, 4) is 0 Å². The normalized spacial score (nSPS) is 21.9. The van der Waals surface area contributed by atoms with Crippen LogP contribution in [0.15, 0.2) is 42.7 Å². The maximum atomic E-state index is 10.4. The Kier molecular flexibility index (Phi) is 4.38. The molecule has 0 bridgehead atoms. The molecule has 0 saturated carbocycles. The first kappa shape index (κ1) is 15.4. The van der Waals surface area contributed by atoms with Gasteiger partial charge < -0.3 is 10.4 Å². The van der Waals surface area contributed by atoms with Crippen LogP contribution in [0, 0.1) is 0 Å². The number of rotatable bonds is 4. The third kappa shape index (κ3) is 3.38. The van der Waals surface area contributed by atoms with Gasteiger partial charge in [0.1, 0.15) is 5.01 Å². The van der Waals surface area contributed by atoms with E-state index in [-0.39, 0.29) is 6.04 Å². The predicted molar refractivity (Wildman–Crippen MR) is 95.0 cm³/mol. The number of anilines is 1. The molecule has 24 heavy (non-hydrogen) atoms. The molecule has 2 atom stereocenters. The number of β-amino-alcohol motifs (C(OH)–C–C–N with tert-alkyl or cyclic N) is 1. The van der Waals surface area contributed by atoms with E-state index in [2.05, 4.69) is 31.2 Å². The third-order valence-electron chi connectivity index (χ3n) is 4.24. The van der Waals surface area contributed by atoms with E-state index in [0.29, 0.717) is 12.5 Å². The molecule has 1 aliphatic rings. The lowest BCUT2D eigenvalue weighted by atomic mass is 10.0. The van der Waals surface area contributed by atoms with Gasteiger partial charge in [0, 0.05) is 25.5 Å². The zero-order valence-corrected chi connectivity index (χ0v) is 14.0. The number of fused-ring (bicyclic) bond motifs is 1. The van der Waals surface area contributed by atoms with Crippen molar-refractivity contribution in [2.75, 3.05) is 18.4 Å². The summed E-state index contributed by atoms with van der Waals surface area (Å²) in [4.78, 5) is 15.3. The number of aromatic nitrogens is 3. The second-order valence-electron chi connectivity index (χ2n) is 5.99. The fourth-order valence-electron chi connectivity index (χ4n) is 3.03. The van der Waals surface area contributed by atoms with E-state index in [1.54, 1.807) is 29.8 Å². The van der Waals surface area contributed by atoms with Crippen LogP contribution in [-0.4, -0.2) is 50.2 Å². The molecule has 1 aliphatic heterocycles. The Morgan fingerprint density at radius 1 is 1.21 bits per heavy atom. The second-order valence-corrected chi connectivity index (χ2v) is 7.10. The largest absolute Gasteiger partial charge is 0.390 e. The quantitative estimate of drug-likeness (QED) is 0.757. The molecule has 7 heteroatoms. The molecular formula is C17H19N5OS. The number of hydrogen-bond donors (Lipinski definition) is 2. The summed E-state index contributed by atoms with van der Waals surface area (Å²) >= 11 is 1.73. The van der Waals surface area contributed by atoms with Crippen molar-refractivity contribution in [2.24, 2.45) is 0 Å². The summed E-state index contributed by atoms with van der Waals surface area (Å²) < 4.78 is 1.21. The summed E-state index contributed by atoms with van der Waals surface area (Å²) in [5, 5.41) is 14.8. The van der Waals surface area contributed by atoms with Crippen molar-refractivity contribution in [3.63, 3.8) is 0 Å². The lowest BCUT2D eigenvalue weighted by Crippen LogP contribution is -2.49. The van der Waals surface area contributed by atoms with Crippen LogP contribution in [-0.2, 0) is 6.54 Å². The van der Waals surface area contributed by atoms with Crippen LogP contribution < -0.4 is 5.32 Å². The first-order valence-electron chi connectivity index (χ1n) is 8.06. The molecule has 3 aromatic rings. The number of hydrogen-bond acceptors (Lipinski definition) is 7. The standard InChI is InChI=1S/C17H19N5OS/c23-14-10-22(9-6-12(14)21-17-18-7-3-8-19-17)11-16-20-13-4-1-2-5-15(13)24-16/h1-5,7-8,12,14,23H,6,9-11H2,(H,18,19,21)/t12-,14-/m1/s1. The maximum absolute atomic E-state index is 10.4. The average Bonchev–Trinajstić information content (AvgIpc) is 3.00. The van der Waals surface area contributed by atoms with Gasteiger partial charge in [0.25, 0.3) is 0 Å². The minimum Gasteiger partial charge on any atom is -0.390 e. The number of nitrogens with zero attached hydrogens (tertiary/aromatic N) is 4. The Labute approximate surface area is 144 Å². The van der Waals surface area contributed by atoms with Crippen LogP contribution in [0.1, 0.15) is 11.4 Å². The van der Waals surface area contributed by atoms with Gasteiger partial charge in [-0.15, -0.1) is 11.3 Å². The molecule has 0 amide bonds. The topological polar surface area (TPSA) is 74.2 Å². The molecule has 2 N–H and O–H groups in total. The maximum Gasteiger partial charge on any atom is 0.222 e. The van der Waals surface area contributed by atoms with Crippen LogP contribution in [0.2, 0.25) is 0 Å². The molecule has 0 spiro atoms. The second kappa shape index (κ2) is 6.80. The summed E-state index contributed by atoms with van der Waals surface area (Å²) in [6, 6.07) is 9.96. The number of piperidine rings is 1. The van der Waals surface area contributed by atoms with Gasteiger partial charge in [0.15, 0.2) is 0 Å². The van der Waals surface area contributed by atoms with Crippen LogP contribution in [0.5, 0.6) is 0 Å². The highest BCUT2D eigenvalue weighted by Gasteiger charge is 2.28. The molecule has 1 fully saturated rings. The monoisotopic (exact) mass is 341 g/mol. The Balaban J connectivity index is 1.37. The molecule has 1 aromatic carbocycles. The molecular weight excluding hydrogens is 322 g/mol. The summed E-state index contributed by atoms with van der Waals surface area (Å²) in [5.41, 5.74) is 1.05. The van der Waals surface area contributed by atoms with E-state index in [1.165, 1.54) is 4.70 Å². The van der Waals surface area contributed by atoms with Gasteiger partial charge in [-0.25, -0.2) is 15.0 Å². The van der Waals surface area contributed by atoms with Crippen LogP contribution in [0.4, 0.5) is 5.95 Å². The highest BCUT2D eigenvalue weighted by molar-refractivity contribution is 7.18. The number of para-hydroxylation sites is 1. The molecule has 6 nitrogen and oxygen atoms in total. The van der Waals surface area contributed by atoms with Crippen molar-refractivity contribution >= 4 is 27.5 Å². The van der Waals surface area contributed by atoms with Gasteiger partial charge in [-0.05, 0) is 24.6 Å². The third-order valence-corrected chi connectivity index (χ3v) is 5.26. The Morgan fingerprint density at radius 2 is 2.04 bits per heavy atom. The van der Waals surface area contributed by atoms with Crippen molar-refractivity contribution in [1.29, 1.82) is 0 Å². The smallest absolute Gasteiger partial charge is 0.222 e. The fourth-order valence-corrected chi connectivity index (χ4v) is 4.04. The molecule has 4 rings (SSSR count). The van der Waals surface area contributed by atoms with E-state index in [4.69, 9.17) is 0 Å². The molecule has 2 aromatic heterocycles. The van der Waals surface area contributed by atoms with E-state index < -0.39 is 6.10 Å². The molecule has 124 valence electrons. The summed E-state index contributed by atoms with van der Waals surface area (Å²) in [6.45, 7) is 2.32. The zero-order chi connectivity index (χ0) is 16.4. The minimum atomic E-state index is -0.447. The number of thiazole rings is 1. The van der Waals surface area contributed by atoms with E-state index in [1.807, 2.05) is 18.2 Å². The van der Waals surface area contributed by atoms with E-state index >= 15 is 0 Å². The number of aliphatic hydroxyl groups is 1. The van der Waals surface area contributed by atoms with Crippen molar-refractivity contribution < 1.29 is 5.11 Å². The van der Waals surface area contributed by atoms with Crippen LogP contribution in [0.25, 0.3) is 10.2 Å². The molecule has 3 heterocycles. The number of nitrogens with one attached hydrogen (secondary N) is 1.